The second-order valence-corrected chi connectivity index (χ2v) is 5.67. The van der Waals surface area contributed by atoms with Gasteiger partial charge in [-0.1, -0.05) is 38.1 Å². The van der Waals surface area contributed by atoms with Gasteiger partial charge in [0.05, 0.1) is 6.61 Å². The van der Waals surface area contributed by atoms with Crippen molar-refractivity contribution in [3.05, 3.63) is 35.4 Å². The van der Waals surface area contributed by atoms with Crippen molar-refractivity contribution >= 4 is 11.8 Å². The number of ether oxygens (including phenoxy) is 1. The van der Waals surface area contributed by atoms with Crippen molar-refractivity contribution < 1.29 is 14.3 Å². The van der Waals surface area contributed by atoms with Gasteiger partial charge in [-0.05, 0) is 17.0 Å². The lowest BCUT2D eigenvalue weighted by molar-refractivity contribution is -0.138. The van der Waals surface area contributed by atoms with Gasteiger partial charge in [0.1, 0.15) is 0 Å². The van der Waals surface area contributed by atoms with Gasteiger partial charge in [0, 0.05) is 25.4 Å². The van der Waals surface area contributed by atoms with Crippen LogP contribution in [-0.4, -0.2) is 18.9 Å². The molecule has 0 saturated carbocycles. The summed E-state index contributed by atoms with van der Waals surface area (Å²) in [5.41, 5.74) is 2.10. The summed E-state index contributed by atoms with van der Waals surface area (Å²) in [7, 11) is 1.65. The summed E-state index contributed by atoms with van der Waals surface area (Å²) in [5, 5.41) is 2.45. The molecule has 1 aromatic carbocycles. The third-order valence-electron chi connectivity index (χ3n) is 3.81. The van der Waals surface area contributed by atoms with Crippen LogP contribution >= 0.6 is 0 Å². The van der Waals surface area contributed by atoms with Gasteiger partial charge in [0.2, 0.25) is 11.8 Å². The van der Waals surface area contributed by atoms with Crippen LogP contribution in [-0.2, 0) is 20.9 Å². The average molecular weight is 275 g/mol. The number of methoxy groups -OCH3 is 1. The molecule has 1 aliphatic heterocycles. The molecule has 4 heteroatoms. The molecule has 0 aliphatic carbocycles. The number of rotatable bonds is 4. The molecule has 1 fully saturated rings. The fourth-order valence-electron chi connectivity index (χ4n) is 2.95. The van der Waals surface area contributed by atoms with Crippen molar-refractivity contribution in [2.45, 2.75) is 32.8 Å². The molecule has 0 spiro atoms. The van der Waals surface area contributed by atoms with Crippen molar-refractivity contribution in [3.63, 3.8) is 0 Å². The second-order valence-electron chi connectivity index (χ2n) is 5.67. The highest BCUT2D eigenvalue weighted by molar-refractivity contribution is 6.00. The zero-order valence-corrected chi connectivity index (χ0v) is 12.2. The van der Waals surface area contributed by atoms with Crippen molar-refractivity contribution in [3.8, 4) is 0 Å². The first-order valence-corrected chi connectivity index (χ1v) is 6.94. The smallest absolute Gasteiger partial charge is 0.230 e. The lowest BCUT2D eigenvalue weighted by Gasteiger charge is -2.33. The fourth-order valence-corrected chi connectivity index (χ4v) is 2.95. The van der Waals surface area contributed by atoms with Crippen LogP contribution in [0.2, 0.25) is 0 Å². The standard InChI is InChI=1S/C16H21NO3/c1-10(2)15-13(8-14(18)17-16(15)19)12-6-4-5-11(7-12)9-20-3/h4-7,10,13,15H,8-9H2,1-3H3,(H,17,18,19). The molecule has 2 unspecified atom stereocenters. The molecule has 20 heavy (non-hydrogen) atoms. The van der Waals surface area contributed by atoms with E-state index in [1.165, 1.54) is 0 Å². The number of amides is 2. The Bertz CT molecular complexity index is 510. The maximum absolute atomic E-state index is 12.1. The van der Waals surface area contributed by atoms with Gasteiger partial charge in [0.25, 0.3) is 0 Å². The molecule has 1 N–H and O–H groups in total. The first kappa shape index (κ1) is 14.7. The number of hydrogen-bond acceptors (Lipinski definition) is 3. The van der Waals surface area contributed by atoms with Crippen molar-refractivity contribution in [2.75, 3.05) is 7.11 Å². The molecule has 2 atom stereocenters. The van der Waals surface area contributed by atoms with E-state index in [2.05, 4.69) is 5.32 Å². The summed E-state index contributed by atoms with van der Waals surface area (Å²) in [6, 6.07) is 7.97. The van der Waals surface area contributed by atoms with Gasteiger partial charge in [0.15, 0.2) is 0 Å². The zero-order chi connectivity index (χ0) is 14.7. The first-order valence-electron chi connectivity index (χ1n) is 6.94. The summed E-state index contributed by atoms with van der Waals surface area (Å²) < 4.78 is 5.14. The quantitative estimate of drug-likeness (QED) is 0.857. The Morgan fingerprint density at radius 3 is 2.75 bits per heavy atom. The normalized spacial score (nSPS) is 23.0. The molecule has 108 valence electrons. The van der Waals surface area contributed by atoms with Crippen LogP contribution in [0.15, 0.2) is 24.3 Å². The van der Waals surface area contributed by atoms with Gasteiger partial charge in [-0.25, -0.2) is 0 Å². The van der Waals surface area contributed by atoms with E-state index >= 15 is 0 Å². The third-order valence-corrected chi connectivity index (χ3v) is 3.81. The monoisotopic (exact) mass is 275 g/mol. The Morgan fingerprint density at radius 1 is 1.35 bits per heavy atom. The highest BCUT2D eigenvalue weighted by atomic mass is 16.5. The van der Waals surface area contributed by atoms with Crippen molar-refractivity contribution in [2.24, 2.45) is 11.8 Å². The molecule has 2 rings (SSSR count). The number of imide groups is 1. The lowest BCUT2D eigenvalue weighted by Crippen LogP contribution is -2.46. The van der Waals surface area contributed by atoms with E-state index in [4.69, 9.17) is 4.74 Å². The predicted octanol–water partition coefficient (Wildman–Crippen LogP) is 2.24. The Morgan fingerprint density at radius 2 is 2.10 bits per heavy atom. The summed E-state index contributed by atoms with van der Waals surface area (Å²) in [6.45, 7) is 4.57. The Balaban J connectivity index is 2.33. The van der Waals surface area contributed by atoms with Gasteiger partial charge < -0.3 is 4.74 Å². The zero-order valence-electron chi connectivity index (χ0n) is 12.2. The van der Waals surface area contributed by atoms with Crippen LogP contribution in [0.4, 0.5) is 0 Å². The minimum absolute atomic E-state index is 0.0481. The molecule has 0 radical (unpaired) electrons. The van der Waals surface area contributed by atoms with Crippen molar-refractivity contribution in [1.82, 2.24) is 5.32 Å². The van der Waals surface area contributed by atoms with E-state index in [1.807, 2.05) is 38.1 Å². The summed E-state index contributed by atoms with van der Waals surface area (Å²) in [4.78, 5) is 23.8. The maximum Gasteiger partial charge on any atom is 0.230 e. The van der Waals surface area contributed by atoms with E-state index < -0.39 is 0 Å². The molecule has 0 aromatic heterocycles. The number of hydrogen-bond donors (Lipinski definition) is 1. The fraction of sp³-hybridized carbons (Fsp3) is 0.500. The van der Waals surface area contributed by atoms with E-state index in [1.54, 1.807) is 7.11 Å². The van der Waals surface area contributed by atoms with Crippen LogP contribution in [0.25, 0.3) is 0 Å². The Hall–Kier alpha value is -1.68. The van der Waals surface area contributed by atoms with Gasteiger partial charge in [-0.2, -0.15) is 0 Å². The van der Waals surface area contributed by atoms with E-state index in [-0.39, 0.29) is 29.6 Å². The molecule has 1 saturated heterocycles. The van der Waals surface area contributed by atoms with Crippen LogP contribution in [0.1, 0.15) is 37.3 Å². The minimum Gasteiger partial charge on any atom is -0.380 e. The molecule has 1 heterocycles. The highest BCUT2D eigenvalue weighted by Crippen LogP contribution is 2.36. The number of nitrogens with one attached hydrogen (secondary N) is 1. The molecule has 1 aliphatic rings. The predicted molar refractivity (Wildman–Crippen MR) is 76.0 cm³/mol. The molecular formula is C16H21NO3. The van der Waals surface area contributed by atoms with Crippen LogP contribution < -0.4 is 5.32 Å². The molecule has 2 amide bonds. The molecule has 0 bridgehead atoms. The second kappa shape index (κ2) is 6.18. The number of carbonyl (C=O) groups excluding carboxylic acids is 2. The highest BCUT2D eigenvalue weighted by Gasteiger charge is 2.38. The van der Waals surface area contributed by atoms with E-state index in [0.717, 1.165) is 11.1 Å². The number of carbonyl (C=O) groups is 2. The summed E-state index contributed by atoms with van der Waals surface area (Å²) >= 11 is 0. The minimum atomic E-state index is -0.186. The molecular weight excluding hydrogens is 254 g/mol. The van der Waals surface area contributed by atoms with E-state index in [0.29, 0.717) is 13.0 Å². The lowest BCUT2D eigenvalue weighted by atomic mass is 9.74. The molecule has 1 aromatic rings. The third kappa shape index (κ3) is 3.07. The maximum atomic E-state index is 12.1. The van der Waals surface area contributed by atoms with Crippen LogP contribution in [0, 0.1) is 11.8 Å². The summed E-state index contributed by atoms with van der Waals surface area (Å²) in [6.07, 6.45) is 0.366. The number of benzene rings is 1. The topological polar surface area (TPSA) is 55.4 Å². The Labute approximate surface area is 119 Å². The average Bonchev–Trinajstić information content (AvgIpc) is 2.38. The first-order chi connectivity index (χ1) is 9.52. The van der Waals surface area contributed by atoms with Crippen LogP contribution in [0.3, 0.4) is 0 Å². The van der Waals surface area contributed by atoms with E-state index in [9.17, 15) is 9.59 Å². The van der Waals surface area contributed by atoms with Gasteiger partial charge in [-0.3, -0.25) is 14.9 Å². The number of piperidine rings is 1. The largest absolute Gasteiger partial charge is 0.380 e. The van der Waals surface area contributed by atoms with Gasteiger partial charge >= 0.3 is 0 Å². The SMILES string of the molecule is COCc1cccc(C2CC(=O)NC(=O)C2C(C)C)c1. The summed E-state index contributed by atoms with van der Waals surface area (Å²) in [5.74, 6) is -0.356. The van der Waals surface area contributed by atoms with Gasteiger partial charge in [-0.15, -0.1) is 0 Å². The Kier molecular flexibility index (Phi) is 4.55. The van der Waals surface area contributed by atoms with Crippen molar-refractivity contribution in [1.29, 1.82) is 0 Å². The molecule has 4 nitrogen and oxygen atoms in total. The van der Waals surface area contributed by atoms with Crippen LogP contribution in [0.5, 0.6) is 0 Å².